The summed E-state index contributed by atoms with van der Waals surface area (Å²) in [7, 11) is 2.99. The fraction of sp³-hybridized carbons (Fsp3) is 0.784. The third-order valence-corrected chi connectivity index (χ3v) is 9.98. The first-order valence-corrected chi connectivity index (χ1v) is 18.3. The molecule has 0 radical (unpaired) electrons. The van der Waals surface area contributed by atoms with E-state index in [1.165, 1.54) is 29.8 Å². The predicted octanol–water partition coefficient (Wildman–Crippen LogP) is 2.34. The number of aliphatic hydroxyl groups excluding tert-OH is 2. The lowest BCUT2D eigenvalue weighted by molar-refractivity contribution is -0.155. The lowest BCUT2D eigenvalue weighted by atomic mass is 9.91. The third-order valence-electron chi connectivity index (χ3n) is 9.98. The minimum absolute atomic E-state index is 0.0344. The maximum Gasteiger partial charge on any atom is 0.253 e. The van der Waals surface area contributed by atoms with E-state index in [0.717, 1.165) is 29.1 Å². The number of amides is 6. The number of imide groups is 1. The lowest BCUT2D eigenvalue weighted by Crippen LogP contribution is -2.62. The molecule has 284 valence electrons. The molecule has 9 unspecified atom stereocenters. The molecule has 2 heterocycles. The van der Waals surface area contributed by atoms with E-state index in [1.54, 1.807) is 33.9 Å². The fourth-order valence-electron chi connectivity index (χ4n) is 7.18. The summed E-state index contributed by atoms with van der Waals surface area (Å²) < 4.78 is 0. The summed E-state index contributed by atoms with van der Waals surface area (Å²) in [6.45, 7) is 16.3. The Bertz CT molecular complexity index is 1250. The molecule has 0 bridgehead atoms. The number of likely N-dealkylation sites (tertiary alicyclic amines) is 1. The number of carbonyl (C=O) groups is 6. The second-order valence-corrected chi connectivity index (χ2v) is 15.4. The molecule has 0 spiro atoms. The van der Waals surface area contributed by atoms with Gasteiger partial charge in [0.15, 0.2) is 0 Å². The van der Waals surface area contributed by atoms with Gasteiger partial charge in [-0.05, 0) is 44.4 Å². The number of hydrogen-bond donors (Lipinski definition) is 3. The van der Waals surface area contributed by atoms with Crippen LogP contribution in [0.4, 0.5) is 0 Å². The van der Waals surface area contributed by atoms with Crippen LogP contribution in [0.15, 0.2) is 12.2 Å². The van der Waals surface area contributed by atoms with Gasteiger partial charge in [0.25, 0.3) is 11.8 Å². The van der Waals surface area contributed by atoms with E-state index in [1.807, 2.05) is 20.8 Å². The zero-order valence-electron chi connectivity index (χ0n) is 32.1. The van der Waals surface area contributed by atoms with E-state index < -0.39 is 77.9 Å². The van der Waals surface area contributed by atoms with Crippen molar-refractivity contribution in [3.63, 3.8) is 0 Å². The van der Waals surface area contributed by atoms with Gasteiger partial charge in [-0.25, -0.2) is 0 Å². The molecule has 9 atom stereocenters. The molecule has 13 nitrogen and oxygen atoms in total. The molecule has 0 aliphatic carbocycles. The first-order valence-electron chi connectivity index (χ1n) is 18.3. The number of aliphatic hydroxyl groups is 2. The molecule has 2 aliphatic heterocycles. The lowest BCUT2D eigenvalue weighted by Gasteiger charge is -2.38. The number of nitrogens with zero attached hydrogens (tertiary/aromatic N) is 4. The highest BCUT2D eigenvalue weighted by atomic mass is 16.3. The second kappa shape index (κ2) is 18.8. The summed E-state index contributed by atoms with van der Waals surface area (Å²) in [5.74, 6) is -3.59. The van der Waals surface area contributed by atoms with Crippen molar-refractivity contribution in [2.24, 2.45) is 23.7 Å². The van der Waals surface area contributed by atoms with Crippen LogP contribution in [-0.2, 0) is 28.8 Å². The van der Waals surface area contributed by atoms with Gasteiger partial charge in [0, 0.05) is 39.1 Å². The van der Waals surface area contributed by atoms with Crippen LogP contribution in [0, 0.1) is 23.7 Å². The predicted molar refractivity (Wildman–Crippen MR) is 190 cm³/mol. The van der Waals surface area contributed by atoms with Gasteiger partial charge in [-0.3, -0.25) is 33.7 Å². The third kappa shape index (κ3) is 10.6. The number of rotatable bonds is 17. The minimum Gasteiger partial charge on any atom is -0.391 e. The van der Waals surface area contributed by atoms with Gasteiger partial charge >= 0.3 is 0 Å². The molecule has 2 rings (SSSR count). The molecule has 0 aromatic rings. The Labute approximate surface area is 298 Å². The van der Waals surface area contributed by atoms with E-state index in [4.69, 9.17) is 0 Å². The maximum absolute atomic E-state index is 14.1. The largest absolute Gasteiger partial charge is 0.391 e. The monoisotopic (exact) mass is 705 g/mol. The van der Waals surface area contributed by atoms with Gasteiger partial charge in [0.1, 0.15) is 24.2 Å². The van der Waals surface area contributed by atoms with Crippen molar-refractivity contribution in [3.8, 4) is 0 Å². The Morgan fingerprint density at radius 2 is 1.60 bits per heavy atom. The number of nitrogens with one attached hydrogen (secondary N) is 1. The molecule has 0 aromatic carbocycles. The van der Waals surface area contributed by atoms with Crippen LogP contribution in [0.3, 0.4) is 0 Å². The number of unbranched alkanes of at least 4 members (excludes halogenated alkanes) is 1. The average molecular weight is 706 g/mol. The summed E-state index contributed by atoms with van der Waals surface area (Å²) in [5.41, 5.74) is 0. The van der Waals surface area contributed by atoms with Crippen LogP contribution >= 0.6 is 0 Å². The number of likely N-dealkylation sites (N-methyl/N-ethyl adjacent to an activating group) is 2. The van der Waals surface area contributed by atoms with E-state index >= 15 is 0 Å². The molecule has 1 saturated heterocycles. The summed E-state index contributed by atoms with van der Waals surface area (Å²) in [6, 6.07) is -5.08. The fourth-order valence-corrected chi connectivity index (χ4v) is 7.18. The maximum atomic E-state index is 14.1. The average Bonchev–Trinajstić information content (AvgIpc) is 3.60. The first-order chi connectivity index (χ1) is 23.2. The molecule has 0 aromatic heterocycles. The van der Waals surface area contributed by atoms with E-state index in [0.29, 0.717) is 18.8 Å². The van der Waals surface area contributed by atoms with Crippen molar-refractivity contribution in [3.05, 3.63) is 12.2 Å². The zero-order chi connectivity index (χ0) is 38.2. The van der Waals surface area contributed by atoms with Crippen molar-refractivity contribution in [1.82, 2.24) is 24.9 Å². The van der Waals surface area contributed by atoms with Crippen LogP contribution in [0.5, 0.6) is 0 Å². The van der Waals surface area contributed by atoms with Crippen molar-refractivity contribution in [1.29, 1.82) is 0 Å². The summed E-state index contributed by atoms with van der Waals surface area (Å²) in [6.07, 6.45) is 4.65. The molecule has 13 heteroatoms. The topological polar surface area (TPSA) is 168 Å². The molecule has 0 saturated carbocycles. The molecule has 3 N–H and O–H groups in total. The summed E-state index contributed by atoms with van der Waals surface area (Å²) in [5, 5.41) is 24.0. The van der Waals surface area contributed by atoms with Gasteiger partial charge in [-0.15, -0.1) is 0 Å². The van der Waals surface area contributed by atoms with Crippen LogP contribution < -0.4 is 5.32 Å². The van der Waals surface area contributed by atoms with E-state index in [-0.39, 0.29) is 30.7 Å². The Hall–Kier alpha value is -3.32. The van der Waals surface area contributed by atoms with Crippen LogP contribution in [0.2, 0.25) is 0 Å². The Balaban J connectivity index is 2.30. The highest BCUT2D eigenvalue weighted by Gasteiger charge is 2.47. The highest BCUT2D eigenvalue weighted by molar-refractivity contribution is 6.06. The van der Waals surface area contributed by atoms with E-state index in [9.17, 15) is 39.0 Å². The number of β-amino-alcohol motifs (C(OH)–C–C–N with tert-alkyl or cyclic N) is 1. The molecule has 1 fully saturated rings. The quantitative estimate of drug-likeness (QED) is 0.194. The SMILES string of the molecule is CCCCC(C)CC(C)C(=O)N(C)C(CC(C)C)C(=O)NC(C(=O)N(C)C(C(=O)N1CC(O)CC1C(=O)N1C(=O)C=CC1C)C(C)C)C(C)O. The Morgan fingerprint density at radius 3 is 2.10 bits per heavy atom. The van der Waals surface area contributed by atoms with Gasteiger partial charge < -0.3 is 30.2 Å². The van der Waals surface area contributed by atoms with Crippen molar-refractivity contribution < 1.29 is 39.0 Å². The summed E-state index contributed by atoms with van der Waals surface area (Å²) in [4.78, 5) is 86.4. The second-order valence-electron chi connectivity index (χ2n) is 15.4. The Morgan fingerprint density at radius 1 is 0.980 bits per heavy atom. The van der Waals surface area contributed by atoms with Crippen LogP contribution in [0.25, 0.3) is 0 Å². The molecule has 50 heavy (non-hydrogen) atoms. The number of carbonyl (C=O) groups excluding carboxylic acids is 6. The number of hydrogen-bond acceptors (Lipinski definition) is 8. The summed E-state index contributed by atoms with van der Waals surface area (Å²) >= 11 is 0. The van der Waals surface area contributed by atoms with Crippen molar-refractivity contribution >= 4 is 35.4 Å². The van der Waals surface area contributed by atoms with Crippen molar-refractivity contribution in [2.45, 2.75) is 143 Å². The normalized spacial score (nSPS) is 22.7. The standard InChI is InChI=1S/C37H63N5O8/c1-12-13-14-23(6)18-24(7)34(47)39(10)28(17-21(2)3)33(46)38-31(26(9)43)36(49)40(11)32(22(4)5)37(50)41-20-27(44)19-29(41)35(48)42-25(8)15-16-30(42)45/h15-16,21-29,31-32,43-44H,12-14,17-20H2,1-11H3,(H,38,46). The first kappa shape index (κ1) is 42.8. The Kier molecular flexibility index (Phi) is 16.1. The molecule has 2 aliphatic rings. The van der Waals surface area contributed by atoms with Crippen LogP contribution in [0.1, 0.15) is 101 Å². The van der Waals surface area contributed by atoms with Gasteiger partial charge in [-0.1, -0.05) is 73.8 Å². The van der Waals surface area contributed by atoms with Gasteiger partial charge in [0.05, 0.1) is 18.2 Å². The van der Waals surface area contributed by atoms with Crippen molar-refractivity contribution in [2.75, 3.05) is 20.6 Å². The molecular weight excluding hydrogens is 642 g/mol. The smallest absolute Gasteiger partial charge is 0.253 e. The zero-order valence-corrected chi connectivity index (χ0v) is 32.1. The molecular formula is C37H63N5O8. The van der Waals surface area contributed by atoms with Crippen LogP contribution in [-0.4, -0.2) is 128 Å². The van der Waals surface area contributed by atoms with Gasteiger partial charge in [-0.2, -0.15) is 0 Å². The minimum atomic E-state index is -1.44. The van der Waals surface area contributed by atoms with Gasteiger partial charge in [0.2, 0.25) is 23.6 Å². The van der Waals surface area contributed by atoms with E-state index in [2.05, 4.69) is 19.2 Å². The molecule has 6 amide bonds. The highest BCUT2D eigenvalue weighted by Crippen LogP contribution is 2.27.